The molecule has 90 valence electrons. The van der Waals surface area contributed by atoms with Crippen molar-refractivity contribution in [3.63, 3.8) is 0 Å². The molecular weight excluding hydrogens is 227 g/mol. The average molecular weight is 238 g/mol. The maximum absolute atomic E-state index is 12.8. The van der Waals surface area contributed by atoms with Crippen LogP contribution in [0, 0.1) is 5.82 Å². The smallest absolute Gasteiger partial charge is 0.362 e. The Bertz CT molecular complexity index is 446. The van der Waals surface area contributed by atoms with Gasteiger partial charge in [0.05, 0.1) is 12.3 Å². The highest BCUT2D eigenvalue weighted by atomic mass is 19.1. The Kier molecular flexibility index (Phi) is 4.80. The first kappa shape index (κ1) is 12.8. The lowest BCUT2D eigenvalue weighted by atomic mass is 10.3. The van der Waals surface area contributed by atoms with Crippen LogP contribution in [0.25, 0.3) is 0 Å². The van der Waals surface area contributed by atoms with Gasteiger partial charge in [-0.1, -0.05) is 6.07 Å². The molecule has 0 aliphatic rings. The highest BCUT2D eigenvalue weighted by molar-refractivity contribution is 6.58. The number of carbonyl (C=O) groups is 2. The lowest BCUT2D eigenvalue weighted by Gasteiger charge is -2.02. The van der Waals surface area contributed by atoms with Gasteiger partial charge < -0.3 is 4.74 Å². The topological polar surface area (TPSA) is 67.8 Å². The summed E-state index contributed by atoms with van der Waals surface area (Å²) >= 11 is 0. The van der Waals surface area contributed by atoms with Crippen LogP contribution < -0.4 is 5.43 Å². The summed E-state index contributed by atoms with van der Waals surface area (Å²) in [6.07, 6.45) is 0.268. The molecule has 6 heteroatoms. The Morgan fingerprint density at radius 1 is 1.59 bits per heavy atom. The molecule has 17 heavy (non-hydrogen) atoms. The van der Waals surface area contributed by atoms with Crippen LogP contribution in [0.2, 0.25) is 0 Å². The summed E-state index contributed by atoms with van der Waals surface area (Å²) in [5, 5.41) is 3.53. The summed E-state index contributed by atoms with van der Waals surface area (Å²) in [6.45, 7) is 1.76. The van der Waals surface area contributed by atoms with Crippen molar-refractivity contribution in [1.29, 1.82) is 0 Å². The number of aldehydes is 1. The van der Waals surface area contributed by atoms with Crippen LogP contribution in [0.1, 0.15) is 6.92 Å². The second kappa shape index (κ2) is 6.37. The summed E-state index contributed by atoms with van der Waals surface area (Å²) in [4.78, 5) is 21.7. The Labute approximate surface area is 97.3 Å². The van der Waals surface area contributed by atoms with Gasteiger partial charge >= 0.3 is 5.97 Å². The molecule has 0 heterocycles. The number of hydrogen-bond donors (Lipinski definition) is 1. The third-order valence-electron chi connectivity index (χ3n) is 1.73. The number of nitrogens with one attached hydrogen (secondary N) is 1. The second-order valence-corrected chi connectivity index (χ2v) is 2.96. The molecule has 0 amide bonds. The van der Waals surface area contributed by atoms with Crippen LogP contribution in [0.4, 0.5) is 10.1 Å². The number of esters is 1. The highest BCUT2D eigenvalue weighted by Crippen LogP contribution is 2.08. The molecule has 1 aromatic carbocycles. The van der Waals surface area contributed by atoms with Crippen molar-refractivity contribution in [2.75, 3.05) is 12.0 Å². The summed E-state index contributed by atoms with van der Waals surface area (Å²) in [7, 11) is 0. The minimum Gasteiger partial charge on any atom is -0.461 e. The second-order valence-electron chi connectivity index (χ2n) is 2.96. The fourth-order valence-electron chi connectivity index (χ4n) is 1.01. The number of rotatable bonds is 5. The van der Waals surface area contributed by atoms with Crippen molar-refractivity contribution in [2.45, 2.75) is 6.92 Å². The number of hydrazone groups is 1. The molecule has 0 fully saturated rings. The van der Waals surface area contributed by atoms with E-state index >= 15 is 0 Å². The number of hydrogen-bond acceptors (Lipinski definition) is 5. The van der Waals surface area contributed by atoms with Crippen LogP contribution in [0.3, 0.4) is 0 Å². The predicted molar refractivity (Wildman–Crippen MR) is 60.2 cm³/mol. The van der Waals surface area contributed by atoms with Gasteiger partial charge in [0.25, 0.3) is 0 Å². The Morgan fingerprint density at radius 3 is 2.94 bits per heavy atom. The van der Waals surface area contributed by atoms with Gasteiger partial charge in [-0.05, 0) is 25.1 Å². The fourth-order valence-corrected chi connectivity index (χ4v) is 1.01. The first-order valence-electron chi connectivity index (χ1n) is 4.89. The van der Waals surface area contributed by atoms with Crippen molar-refractivity contribution < 1.29 is 18.7 Å². The summed E-state index contributed by atoms with van der Waals surface area (Å²) in [6, 6.07) is 5.45. The molecule has 1 N–H and O–H groups in total. The monoisotopic (exact) mass is 238 g/mol. The third kappa shape index (κ3) is 4.02. The number of ether oxygens (including phenoxy) is 1. The number of anilines is 1. The molecule has 0 saturated carbocycles. The molecule has 0 radical (unpaired) electrons. The molecule has 0 unspecified atom stereocenters. The Balaban J connectivity index is 2.74. The normalized spacial score (nSPS) is 10.8. The quantitative estimate of drug-likeness (QED) is 0.276. The van der Waals surface area contributed by atoms with Crippen LogP contribution in [-0.4, -0.2) is 24.6 Å². The first-order valence-corrected chi connectivity index (χ1v) is 4.89. The minimum atomic E-state index is -0.827. The number of carbonyl (C=O) groups excluding carboxylic acids is 2. The van der Waals surface area contributed by atoms with Gasteiger partial charge in [0.15, 0.2) is 6.29 Å². The Hall–Kier alpha value is -2.24. The number of nitrogens with zero attached hydrogens (tertiary/aromatic N) is 1. The minimum absolute atomic E-state index is 0.145. The van der Waals surface area contributed by atoms with Crippen molar-refractivity contribution >= 4 is 23.7 Å². The predicted octanol–water partition coefficient (Wildman–Crippen LogP) is 1.36. The zero-order valence-electron chi connectivity index (χ0n) is 9.14. The zero-order chi connectivity index (χ0) is 12.7. The van der Waals surface area contributed by atoms with Gasteiger partial charge in [-0.15, -0.1) is 0 Å². The van der Waals surface area contributed by atoms with Crippen LogP contribution in [0.5, 0.6) is 0 Å². The fraction of sp³-hybridized carbons (Fsp3) is 0.182. The van der Waals surface area contributed by atoms with Gasteiger partial charge in [0.1, 0.15) is 5.82 Å². The van der Waals surface area contributed by atoms with E-state index in [1.807, 2.05) is 0 Å². The average Bonchev–Trinajstić information content (AvgIpc) is 2.30. The Morgan fingerprint density at radius 2 is 2.35 bits per heavy atom. The van der Waals surface area contributed by atoms with Crippen molar-refractivity contribution in [2.24, 2.45) is 5.10 Å². The SMILES string of the molecule is CCOC(=O)C(C=O)=NNc1cccc(F)c1. The molecule has 0 aromatic heterocycles. The third-order valence-corrected chi connectivity index (χ3v) is 1.73. The van der Waals surface area contributed by atoms with E-state index in [1.165, 1.54) is 18.2 Å². The summed E-state index contributed by atoms with van der Waals surface area (Å²) < 4.78 is 17.4. The largest absolute Gasteiger partial charge is 0.461 e. The van der Waals surface area contributed by atoms with Gasteiger partial charge in [-0.3, -0.25) is 10.2 Å². The lowest BCUT2D eigenvalue weighted by molar-refractivity contribution is -0.135. The van der Waals surface area contributed by atoms with E-state index < -0.39 is 17.5 Å². The summed E-state index contributed by atoms with van der Waals surface area (Å²) in [5.74, 6) is -1.28. The number of benzene rings is 1. The number of halogens is 1. The molecule has 1 rings (SSSR count). The molecule has 0 spiro atoms. The molecule has 0 aliphatic heterocycles. The van der Waals surface area contributed by atoms with E-state index in [2.05, 4.69) is 15.3 Å². The van der Waals surface area contributed by atoms with Gasteiger partial charge in [0, 0.05) is 0 Å². The van der Waals surface area contributed by atoms with Crippen LogP contribution >= 0.6 is 0 Å². The van der Waals surface area contributed by atoms with Crippen molar-refractivity contribution in [1.82, 2.24) is 0 Å². The lowest BCUT2D eigenvalue weighted by Crippen LogP contribution is -2.20. The van der Waals surface area contributed by atoms with E-state index in [-0.39, 0.29) is 12.9 Å². The van der Waals surface area contributed by atoms with Crippen LogP contribution in [-0.2, 0) is 14.3 Å². The van der Waals surface area contributed by atoms with E-state index in [4.69, 9.17) is 0 Å². The van der Waals surface area contributed by atoms with Crippen molar-refractivity contribution in [3.05, 3.63) is 30.1 Å². The van der Waals surface area contributed by atoms with E-state index in [1.54, 1.807) is 13.0 Å². The van der Waals surface area contributed by atoms with E-state index in [0.717, 1.165) is 0 Å². The molecule has 0 aliphatic carbocycles. The van der Waals surface area contributed by atoms with Gasteiger partial charge in [0.2, 0.25) is 5.71 Å². The summed E-state index contributed by atoms with van der Waals surface area (Å²) in [5.41, 5.74) is 2.31. The van der Waals surface area contributed by atoms with E-state index in [9.17, 15) is 14.0 Å². The molecule has 0 atom stereocenters. The van der Waals surface area contributed by atoms with Gasteiger partial charge in [-0.25, -0.2) is 9.18 Å². The standard InChI is InChI=1S/C11H11FN2O3/c1-2-17-11(16)10(7-15)14-13-9-5-3-4-8(12)6-9/h3-7,13H,2H2,1H3. The molecular formula is C11H11FN2O3. The molecule has 0 saturated heterocycles. The van der Waals surface area contributed by atoms with Crippen LogP contribution in [0.15, 0.2) is 29.4 Å². The van der Waals surface area contributed by atoms with Crippen molar-refractivity contribution in [3.8, 4) is 0 Å². The first-order chi connectivity index (χ1) is 8.17. The maximum atomic E-state index is 12.8. The van der Waals surface area contributed by atoms with E-state index in [0.29, 0.717) is 5.69 Å². The molecule has 1 aromatic rings. The highest BCUT2D eigenvalue weighted by Gasteiger charge is 2.11. The zero-order valence-corrected chi connectivity index (χ0v) is 9.14. The molecule has 5 nitrogen and oxygen atoms in total. The van der Waals surface area contributed by atoms with Gasteiger partial charge in [-0.2, -0.15) is 5.10 Å². The molecule has 0 bridgehead atoms. The maximum Gasteiger partial charge on any atom is 0.362 e.